The Kier molecular flexibility index (Phi) is 6.17. The highest BCUT2D eigenvalue weighted by atomic mass is 16.5. The predicted molar refractivity (Wildman–Crippen MR) is 96.1 cm³/mol. The third-order valence-electron chi connectivity index (χ3n) is 6.10. The average Bonchev–Trinajstić information content (AvgIpc) is 2.63. The van der Waals surface area contributed by atoms with Gasteiger partial charge in [0, 0.05) is 32.7 Å². The number of morpholine rings is 1. The van der Waals surface area contributed by atoms with Gasteiger partial charge in [-0.25, -0.2) is 0 Å². The molecule has 3 saturated heterocycles. The molecule has 1 amide bonds. The van der Waals surface area contributed by atoms with Crippen LogP contribution in [0.3, 0.4) is 0 Å². The van der Waals surface area contributed by atoms with Gasteiger partial charge in [-0.1, -0.05) is 6.42 Å². The molecule has 0 saturated carbocycles. The van der Waals surface area contributed by atoms with E-state index in [1.54, 1.807) is 0 Å². The van der Waals surface area contributed by atoms with Gasteiger partial charge in [-0.3, -0.25) is 14.6 Å². The second-order valence-electron chi connectivity index (χ2n) is 8.28. The second kappa shape index (κ2) is 8.15. The van der Waals surface area contributed by atoms with Crippen molar-refractivity contribution in [1.82, 2.24) is 14.7 Å². The molecule has 0 aromatic carbocycles. The lowest BCUT2D eigenvalue weighted by Crippen LogP contribution is -2.59. The summed E-state index contributed by atoms with van der Waals surface area (Å²) in [4.78, 5) is 20.3. The van der Waals surface area contributed by atoms with Gasteiger partial charge in [0.15, 0.2) is 0 Å². The van der Waals surface area contributed by atoms with E-state index in [1.165, 1.54) is 25.7 Å². The van der Waals surface area contributed by atoms with Gasteiger partial charge in [0.05, 0.1) is 18.8 Å². The molecule has 0 bridgehead atoms. The number of nitrogens with zero attached hydrogens (tertiary/aromatic N) is 3. The Morgan fingerprint density at radius 1 is 1.00 bits per heavy atom. The molecular formula is C19H35N3O2. The number of hydrogen-bond acceptors (Lipinski definition) is 4. The monoisotopic (exact) mass is 337 g/mol. The Morgan fingerprint density at radius 2 is 1.71 bits per heavy atom. The van der Waals surface area contributed by atoms with Crippen LogP contribution in [0.1, 0.15) is 46.0 Å². The van der Waals surface area contributed by atoms with Gasteiger partial charge in [0.1, 0.15) is 0 Å². The van der Waals surface area contributed by atoms with Gasteiger partial charge in [-0.2, -0.15) is 0 Å². The summed E-state index contributed by atoms with van der Waals surface area (Å²) in [5.74, 6) is 0.967. The summed E-state index contributed by atoms with van der Waals surface area (Å²) in [7, 11) is 0. The molecule has 1 atom stereocenters. The number of likely N-dealkylation sites (tertiary alicyclic amines) is 2. The Labute approximate surface area is 147 Å². The zero-order chi connectivity index (χ0) is 17.0. The molecule has 3 heterocycles. The summed E-state index contributed by atoms with van der Waals surface area (Å²) in [5, 5.41) is 0. The van der Waals surface area contributed by atoms with Gasteiger partial charge in [0.25, 0.3) is 0 Å². The number of carbonyl (C=O) groups excluding carboxylic acids is 1. The number of amides is 1. The van der Waals surface area contributed by atoms with Crippen molar-refractivity contribution >= 4 is 5.91 Å². The molecule has 0 N–H and O–H groups in total. The van der Waals surface area contributed by atoms with E-state index in [0.29, 0.717) is 11.8 Å². The minimum absolute atomic E-state index is 0.344. The Bertz CT molecular complexity index is 415. The first-order chi connectivity index (χ1) is 11.6. The van der Waals surface area contributed by atoms with Crippen molar-refractivity contribution in [3.05, 3.63) is 0 Å². The van der Waals surface area contributed by atoms with Crippen LogP contribution in [0.2, 0.25) is 0 Å². The molecule has 24 heavy (non-hydrogen) atoms. The number of carbonyl (C=O) groups is 1. The minimum atomic E-state index is -0.346. The maximum atomic E-state index is 13.2. The number of rotatable bonds is 4. The first-order valence-electron chi connectivity index (χ1n) is 9.92. The molecule has 5 nitrogen and oxygen atoms in total. The predicted octanol–water partition coefficient (Wildman–Crippen LogP) is 1.82. The van der Waals surface area contributed by atoms with Gasteiger partial charge >= 0.3 is 0 Å². The van der Waals surface area contributed by atoms with E-state index >= 15 is 0 Å². The van der Waals surface area contributed by atoms with Gasteiger partial charge in [0.2, 0.25) is 5.91 Å². The van der Waals surface area contributed by atoms with Crippen LogP contribution in [-0.4, -0.2) is 85.2 Å². The van der Waals surface area contributed by atoms with Crippen LogP contribution in [0.25, 0.3) is 0 Å². The first kappa shape index (κ1) is 18.2. The quantitative estimate of drug-likeness (QED) is 0.784. The first-order valence-corrected chi connectivity index (χ1v) is 9.92. The largest absolute Gasteiger partial charge is 0.379 e. The summed E-state index contributed by atoms with van der Waals surface area (Å²) < 4.78 is 5.45. The zero-order valence-corrected chi connectivity index (χ0v) is 15.6. The molecular weight excluding hydrogens is 302 g/mol. The highest BCUT2D eigenvalue weighted by Crippen LogP contribution is 2.26. The zero-order valence-electron chi connectivity index (χ0n) is 15.6. The molecule has 0 aromatic rings. The smallest absolute Gasteiger partial charge is 0.242 e. The van der Waals surface area contributed by atoms with Crippen LogP contribution in [0.4, 0.5) is 0 Å². The summed E-state index contributed by atoms with van der Waals surface area (Å²) in [6, 6.07) is 0. The van der Waals surface area contributed by atoms with E-state index in [2.05, 4.69) is 28.5 Å². The maximum absolute atomic E-state index is 13.2. The Balaban J connectivity index is 1.55. The fraction of sp³-hybridized carbons (Fsp3) is 0.947. The normalized spacial score (nSPS) is 28.1. The topological polar surface area (TPSA) is 36.0 Å². The van der Waals surface area contributed by atoms with Crippen LogP contribution in [0.15, 0.2) is 0 Å². The van der Waals surface area contributed by atoms with Gasteiger partial charge in [-0.15, -0.1) is 0 Å². The molecule has 138 valence electrons. The molecule has 0 spiro atoms. The molecule has 3 fully saturated rings. The summed E-state index contributed by atoms with van der Waals surface area (Å²) in [6.07, 6.45) is 6.18. The fourth-order valence-electron chi connectivity index (χ4n) is 4.52. The molecule has 3 aliphatic heterocycles. The Morgan fingerprint density at radius 3 is 2.42 bits per heavy atom. The second-order valence-corrected chi connectivity index (χ2v) is 8.28. The van der Waals surface area contributed by atoms with Crippen molar-refractivity contribution in [3.63, 3.8) is 0 Å². The molecule has 0 aromatic heterocycles. The van der Waals surface area contributed by atoms with E-state index in [0.717, 1.165) is 65.4 Å². The lowest BCUT2D eigenvalue weighted by atomic mass is 9.92. The maximum Gasteiger partial charge on any atom is 0.242 e. The summed E-state index contributed by atoms with van der Waals surface area (Å²) >= 11 is 0. The minimum Gasteiger partial charge on any atom is -0.379 e. The molecule has 5 heteroatoms. The molecule has 0 aliphatic carbocycles. The fourth-order valence-corrected chi connectivity index (χ4v) is 4.52. The summed E-state index contributed by atoms with van der Waals surface area (Å²) in [5.41, 5.74) is -0.346. The standard InChI is InChI=1S/C19H35N3O2/c1-19(2,22-9-4-3-5-10-22)18(23)21-8-6-7-17(16-21)15-20-11-13-24-14-12-20/h17H,3-16H2,1-2H3/t17-/m1/s1. The van der Waals surface area contributed by atoms with Crippen LogP contribution in [-0.2, 0) is 9.53 Å². The van der Waals surface area contributed by atoms with E-state index in [1.807, 2.05) is 0 Å². The lowest BCUT2D eigenvalue weighted by Gasteiger charge is -2.44. The van der Waals surface area contributed by atoms with Crippen molar-refractivity contribution < 1.29 is 9.53 Å². The van der Waals surface area contributed by atoms with E-state index in [4.69, 9.17) is 4.74 Å². The van der Waals surface area contributed by atoms with E-state index in [9.17, 15) is 4.79 Å². The van der Waals surface area contributed by atoms with Crippen molar-refractivity contribution in [2.45, 2.75) is 51.5 Å². The van der Waals surface area contributed by atoms with Crippen LogP contribution in [0, 0.1) is 5.92 Å². The number of piperidine rings is 2. The van der Waals surface area contributed by atoms with E-state index < -0.39 is 0 Å². The van der Waals surface area contributed by atoms with Crippen LogP contribution in [0.5, 0.6) is 0 Å². The van der Waals surface area contributed by atoms with E-state index in [-0.39, 0.29) is 5.54 Å². The van der Waals surface area contributed by atoms with Crippen LogP contribution >= 0.6 is 0 Å². The summed E-state index contributed by atoms with van der Waals surface area (Å²) in [6.45, 7) is 13.2. The van der Waals surface area contributed by atoms with Crippen molar-refractivity contribution in [3.8, 4) is 0 Å². The number of hydrogen-bond donors (Lipinski definition) is 0. The Hall–Kier alpha value is -0.650. The third kappa shape index (κ3) is 4.30. The molecule has 3 aliphatic rings. The average molecular weight is 338 g/mol. The van der Waals surface area contributed by atoms with Crippen molar-refractivity contribution in [1.29, 1.82) is 0 Å². The molecule has 3 rings (SSSR count). The van der Waals surface area contributed by atoms with Crippen molar-refractivity contribution in [2.75, 3.05) is 59.0 Å². The van der Waals surface area contributed by atoms with Crippen molar-refractivity contribution in [2.24, 2.45) is 5.92 Å². The van der Waals surface area contributed by atoms with Gasteiger partial charge in [-0.05, 0) is 58.5 Å². The highest BCUT2D eigenvalue weighted by molar-refractivity contribution is 5.85. The lowest BCUT2D eigenvalue weighted by molar-refractivity contribution is -0.145. The molecule has 0 unspecified atom stereocenters. The van der Waals surface area contributed by atoms with Gasteiger partial charge < -0.3 is 9.64 Å². The molecule has 0 radical (unpaired) electrons. The third-order valence-corrected chi connectivity index (χ3v) is 6.10. The van der Waals surface area contributed by atoms with Crippen LogP contribution < -0.4 is 0 Å². The SMILES string of the molecule is CC(C)(C(=O)N1CCC[C@H](CN2CCOCC2)C1)N1CCCCC1. The number of ether oxygens (including phenoxy) is 1. The highest BCUT2D eigenvalue weighted by Gasteiger charge is 2.39.